The van der Waals surface area contributed by atoms with Gasteiger partial charge in [-0.3, -0.25) is 10.1 Å². The van der Waals surface area contributed by atoms with E-state index < -0.39 is 10.9 Å². The molecule has 6 nitrogen and oxygen atoms in total. The van der Waals surface area contributed by atoms with Crippen LogP contribution in [-0.4, -0.2) is 17.5 Å². The van der Waals surface area contributed by atoms with Gasteiger partial charge in [-0.05, 0) is 59.4 Å². The van der Waals surface area contributed by atoms with Crippen molar-refractivity contribution in [2.45, 2.75) is 19.4 Å². The molecule has 1 aromatic carbocycles. The summed E-state index contributed by atoms with van der Waals surface area (Å²) in [4.78, 5) is 23.1. The molecule has 0 amide bonds. The first-order valence-corrected chi connectivity index (χ1v) is 9.45. The first-order valence-electron chi connectivity index (χ1n) is 9.45. The van der Waals surface area contributed by atoms with E-state index in [0.29, 0.717) is 5.70 Å². The third-order valence-corrected chi connectivity index (χ3v) is 5.08. The molecule has 0 saturated carbocycles. The number of nitro benzene ring substituents is 1. The molecule has 0 saturated heterocycles. The second kappa shape index (κ2) is 7.75. The largest absolute Gasteiger partial charge is 0.461 e. The van der Waals surface area contributed by atoms with Gasteiger partial charge in [-0.15, -0.1) is 0 Å². The number of nitrogens with zero attached hydrogens (tertiary/aromatic N) is 1. The normalized spacial score (nSPS) is 19.8. The molecule has 6 heteroatoms. The molecule has 0 fully saturated rings. The van der Waals surface area contributed by atoms with Gasteiger partial charge >= 0.3 is 5.97 Å². The zero-order valence-electron chi connectivity index (χ0n) is 15.9. The molecule has 3 aliphatic rings. The van der Waals surface area contributed by atoms with Gasteiger partial charge < -0.3 is 10.1 Å². The van der Waals surface area contributed by atoms with Gasteiger partial charge in [-0.2, -0.15) is 0 Å². The molecule has 0 aromatic heterocycles. The van der Waals surface area contributed by atoms with E-state index in [4.69, 9.17) is 4.74 Å². The molecule has 0 radical (unpaired) electrons. The standard InChI is InChI=1S/C23H20N2O4/c1-2-29-23(26)21-14-20-17-6-4-3-5-15(13-17)7-12-19(20)22(24-21)16-8-10-18(11-9-16)25(27)28/h3-12,14,22,24H,2,13H2,1H3. The van der Waals surface area contributed by atoms with Crippen molar-refractivity contribution in [1.82, 2.24) is 5.32 Å². The third kappa shape index (κ3) is 3.69. The molecule has 1 unspecified atom stereocenters. The Kier molecular flexibility index (Phi) is 4.99. The molecular weight excluding hydrogens is 368 g/mol. The molecule has 2 bridgehead atoms. The van der Waals surface area contributed by atoms with Crippen LogP contribution in [-0.2, 0) is 9.53 Å². The van der Waals surface area contributed by atoms with Crippen molar-refractivity contribution in [1.29, 1.82) is 0 Å². The minimum Gasteiger partial charge on any atom is -0.461 e. The van der Waals surface area contributed by atoms with Crippen LogP contribution in [0.2, 0.25) is 0 Å². The highest BCUT2D eigenvalue weighted by atomic mass is 16.6. The second-order valence-electron chi connectivity index (χ2n) is 6.90. The van der Waals surface area contributed by atoms with Crippen LogP contribution in [0.5, 0.6) is 0 Å². The number of nitrogens with one attached hydrogen (secondary N) is 1. The van der Waals surface area contributed by atoms with Gasteiger partial charge in [0.2, 0.25) is 0 Å². The number of non-ortho nitro benzene ring substituents is 1. The van der Waals surface area contributed by atoms with Gasteiger partial charge in [0.15, 0.2) is 0 Å². The van der Waals surface area contributed by atoms with Crippen molar-refractivity contribution >= 4 is 11.7 Å². The lowest BCUT2D eigenvalue weighted by atomic mass is 9.87. The number of esters is 1. The zero-order chi connectivity index (χ0) is 20.4. The summed E-state index contributed by atoms with van der Waals surface area (Å²) in [6.45, 7) is 2.05. The minimum absolute atomic E-state index is 0.0293. The molecule has 1 atom stereocenters. The van der Waals surface area contributed by atoms with E-state index in [2.05, 4.69) is 29.6 Å². The van der Waals surface area contributed by atoms with E-state index in [-0.39, 0.29) is 18.3 Å². The number of carbonyl (C=O) groups is 1. The monoisotopic (exact) mass is 388 g/mol. The Morgan fingerprint density at radius 3 is 2.69 bits per heavy atom. The molecule has 1 heterocycles. The summed E-state index contributed by atoms with van der Waals surface area (Å²) in [5, 5.41) is 14.3. The van der Waals surface area contributed by atoms with Gasteiger partial charge in [0, 0.05) is 12.1 Å². The van der Waals surface area contributed by atoms with E-state index in [0.717, 1.165) is 28.7 Å². The highest BCUT2D eigenvalue weighted by Crippen LogP contribution is 2.39. The van der Waals surface area contributed by atoms with Gasteiger partial charge in [-0.25, -0.2) is 4.79 Å². The molecular formula is C23H20N2O4. The number of benzene rings is 1. The summed E-state index contributed by atoms with van der Waals surface area (Å²) in [6.07, 6.45) is 14.9. The van der Waals surface area contributed by atoms with Crippen LogP contribution in [0.1, 0.15) is 24.9 Å². The maximum Gasteiger partial charge on any atom is 0.354 e. The van der Waals surface area contributed by atoms with Crippen LogP contribution >= 0.6 is 0 Å². The summed E-state index contributed by atoms with van der Waals surface area (Å²) in [7, 11) is 0. The number of fused-ring (bicyclic) bond motifs is 3. The molecule has 1 aromatic rings. The van der Waals surface area contributed by atoms with Gasteiger partial charge in [-0.1, -0.05) is 36.5 Å². The topological polar surface area (TPSA) is 81.5 Å². The lowest BCUT2D eigenvalue weighted by Gasteiger charge is -2.29. The number of hydrogen-bond donors (Lipinski definition) is 1. The molecule has 1 aliphatic heterocycles. The summed E-state index contributed by atoms with van der Waals surface area (Å²) >= 11 is 0. The van der Waals surface area contributed by atoms with Crippen molar-refractivity contribution in [3.63, 3.8) is 0 Å². The molecule has 29 heavy (non-hydrogen) atoms. The lowest BCUT2D eigenvalue weighted by Crippen LogP contribution is -2.31. The Morgan fingerprint density at radius 2 is 1.97 bits per heavy atom. The van der Waals surface area contributed by atoms with Crippen molar-refractivity contribution < 1.29 is 14.5 Å². The fourth-order valence-corrected chi connectivity index (χ4v) is 3.69. The molecule has 146 valence electrons. The SMILES string of the molecule is CCOC(=O)C1=CC2=C(C=CC3=CC=CC=C2C3)C(c2ccc([N+](=O)[O-])cc2)N1. The number of hydrogen-bond acceptors (Lipinski definition) is 5. The van der Waals surface area contributed by atoms with Gasteiger partial charge in [0.25, 0.3) is 5.69 Å². The van der Waals surface area contributed by atoms with Gasteiger partial charge in [0.1, 0.15) is 5.70 Å². The predicted octanol–water partition coefficient (Wildman–Crippen LogP) is 4.37. The number of allylic oxidation sites excluding steroid dienone is 9. The minimum atomic E-state index is -0.422. The van der Waals surface area contributed by atoms with Crippen molar-refractivity contribution in [2.24, 2.45) is 0 Å². The Labute approximate surface area is 168 Å². The van der Waals surface area contributed by atoms with Crippen LogP contribution in [0.15, 0.2) is 94.8 Å². The fraction of sp³-hybridized carbons (Fsp3) is 0.174. The Morgan fingerprint density at radius 1 is 1.21 bits per heavy atom. The van der Waals surface area contributed by atoms with Crippen molar-refractivity contribution in [2.75, 3.05) is 6.61 Å². The maximum atomic E-state index is 12.5. The first-order chi connectivity index (χ1) is 14.1. The van der Waals surface area contributed by atoms with Crippen molar-refractivity contribution in [3.8, 4) is 0 Å². The smallest absolute Gasteiger partial charge is 0.354 e. The summed E-state index contributed by atoms with van der Waals surface area (Å²) in [5.74, 6) is -0.417. The number of dihydropyridines is 1. The van der Waals surface area contributed by atoms with Crippen molar-refractivity contribution in [3.05, 3.63) is 110 Å². The summed E-state index contributed by atoms with van der Waals surface area (Å²) in [5.41, 5.74) is 5.51. The predicted molar refractivity (Wildman–Crippen MR) is 110 cm³/mol. The first kappa shape index (κ1) is 18.7. The average molecular weight is 388 g/mol. The lowest BCUT2D eigenvalue weighted by molar-refractivity contribution is -0.384. The van der Waals surface area contributed by atoms with Crippen LogP contribution in [0.25, 0.3) is 0 Å². The van der Waals surface area contributed by atoms with E-state index in [1.807, 2.05) is 18.2 Å². The molecule has 2 aliphatic carbocycles. The second-order valence-corrected chi connectivity index (χ2v) is 6.90. The Bertz CT molecular complexity index is 1050. The van der Waals surface area contributed by atoms with Crippen LogP contribution in [0.4, 0.5) is 5.69 Å². The van der Waals surface area contributed by atoms with E-state index in [9.17, 15) is 14.9 Å². The fourth-order valence-electron chi connectivity index (χ4n) is 3.69. The van der Waals surface area contributed by atoms with Crippen LogP contribution < -0.4 is 5.32 Å². The molecule has 0 spiro atoms. The highest BCUT2D eigenvalue weighted by molar-refractivity contribution is 5.90. The molecule has 4 rings (SSSR count). The summed E-state index contributed by atoms with van der Waals surface area (Å²) < 4.78 is 5.21. The number of ether oxygens (including phenoxy) is 1. The van der Waals surface area contributed by atoms with E-state index >= 15 is 0 Å². The highest BCUT2D eigenvalue weighted by Gasteiger charge is 2.29. The van der Waals surface area contributed by atoms with Crippen LogP contribution in [0.3, 0.4) is 0 Å². The quantitative estimate of drug-likeness (QED) is 0.471. The number of nitro groups is 1. The third-order valence-electron chi connectivity index (χ3n) is 5.08. The Balaban J connectivity index is 1.83. The van der Waals surface area contributed by atoms with Crippen LogP contribution in [0, 0.1) is 10.1 Å². The number of carbonyl (C=O) groups excluding carboxylic acids is 1. The average Bonchev–Trinajstić information content (AvgIpc) is 3.07. The van der Waals surface area contributed by atoms with E-state index in [1.165, 1.54) is 17.7 Å². The molecule has 1 N–H and O–H groups in total. The summed E-state index contributed by atoms with van der Waals surface area (Å²) in [6, 6.07) is 6.08. The Hall–Kier alpha value is -3.67. The maximum absolute atomic E-state index is 12.5. The number of rotatable bonds is 4. The van der Waals surface area contributed by atoms with Gasteiger partial charge in [0.05, 0.1) is 17.6 Å². The zero-order valence-corrected chi connectivity index (χ0v) is 15.9. The van der Waals surface area contributed by atoms with E-state index in [1.54, 1.807) is 19.1 Å².